The van der Waals surface area contributed by atoms with Gasteiger partial charge in [-0.1, -0.05) is 35.5 Å². The van der Waals surface area contributed by atoms with E-state index in [0.29, 0.717) is 19.4 Å². The summed E-state index contributed by atoms with van der Waals surface area (Å²) in [5.41, 5.74) is 1.90. The Hall–Kier alpha value is -1.22. The van der Waals surface area contributed by atoms with Gasteiger partial charge in [-0.3, -0.25) is 0 Å². The lowest BCUT2D eigenvalue weighted by atomic mass is 10.1. The van der Waals surface area contributed by atoms with E-state index in [0.717, 1.165) is 17.0 Å². The van der Waals surface area contributed by atoms with E-state index in [4.69, 9.17) is 13.6 Å². The van der Waals surface area contributed by atoms with Gasteiger partial charge in [0, 0.05) is 11.6 Å². The second kappa shape index (κ2) is 7.39. The smallest absolute Gasteiger partial charge is 0.178 e. The first-order valence-electron chi connectivity index (χ1n) is 6.37. The van der Waals surface area contributed by atoms with E-state index in [9.17, 15) is 0 Å². The summed E-state index contributed by atoms with van der Waals surface area (Å²) in [6.45, 7) is 5.21. The molecule has 0 amide bonds. The van der Waals surface area contributed by atoms with Gasteiger partial charge in [-0.15, -0.1) is 0 Å². The van der Waals surface area contributed by atoms with E-state index in [2.05, 4.69) is 5.16 Å². The molecule has 0 bridgehead atoms. The molecule has 0 saturated heterocycles. The fraction of sp³-hybridized carbons (Fsp3) is 0.357. The van der Waals surface area contributed by atoms with Crippen molar-refractivity contribution in [3.05, 3.63) is 42.2 Å². The number of nitrogens with zero attached hydrogens (tertiary/aromatic N) is 1. The van der Waals surface area contributed by atoms with Crippen molar-refractivity contribution < 1.29 is 13.6 Å². The predicted molar refractivity (Wildman–Crippen MR) is 75.8 cm³/mol. The third-order valence-corrected chi connectivity index (χ3v) is 4.12. The molecule has 0 aliphatic carbocycles. The average Bonchev–Trinajstić information content (AvgIpc) is 2.89. The molecule has 0 fully saturated rings. The largest absolute Gasteiger partial charge is 0.360 e. The van der Waals surface area contributed by atoms with Gasteiger partial charge in [0.15, 0.2) is 8.38 Å². The molecule has 0 aliphatic rings. The Balaban J connectivity index is 2.04. The molecule has 0 atom stereocenters. The maximum Gasteiger partial charge on any atom is 0.178 e. The Labute approximate surface area is 114 Å². The van der Waals surface area contributed by atoms with Crippen LogP contribution in [0.4, 0.5) is 0 Å². The van der Waals surface area contributed by atoms with Crippen molar-refractivity contribution >= 4 is 8.38 Å². The molecule has 2 aromatic rings. The molecule has 0 spiro atoms. The second-order valence-corrected chi connectivity index (χ2v) is 5.37. The fourth-order valence-electron chi connectivity index (χ4n) is 1.68. The first-order chi connectivity index (χ1) is 9.33. The molecule has 5 heteroatoms. The van der Waals surface area contributed by atoms with Crippen LogP contribution >= 0.6 is 8.38 Å². The van der Waals surface area contributed by atoms with Crippen LogP contribution in [-0.4, -0.2) is 18.4 Å². The molecule has 0 radical (unpaired) electrons. The maximum atomic E-state index is 5.56. The number of hydrogen-bond acceptors (Lipinski definition) is 4. The SMILES string of the molecule is CCOP(Cc1cc(-c2ccccc2)no1)OCC. The highest BCUT2D eigenvalue weighted by atomic mass is 31.2. The van der Waals surface area contributed by atoms with Crippen LogP contribution in [0.1, 0.15) is 19.6 Å². The number of hydrogen-bond donors (Lipinski definition) is 0. The molecule has 0 N–H and O–H groups in total. The van der Waals surface area contributed by atoms with Gasteiger partial charge in [0.1, 0.15) is 11.5 Å². The zero-order valence-corrected chi connectivity index (χ0v) is 12.1. The third kappa shape index (κ3) is 4.13. The summed E-state index contributed by atoms with van der Waals surface area (Å²) in [6, 6.07) is 11.9. The van der Waals surface area contributed by atoms with Crippen molar-refractivity contribution in [3.63, 3.8) is 0 Å². The molecule has 0 saturated carbocycles. The van der Waals surface area contributed by atoms with E-state index in [1.54, 1.807) is 0 Å². The highest BCUT2D eigenvalue weighted by molar-refractivity contribution is 7.46. The quantitative estimate of drug-likeness (QED) is 0.711. The zero-order chi connectivity index (χ0) is 13.5. The summed E-state index contributed by atoms with van der Waals surface area (Å²) in [7, 11) is -0.926. The number of benzene rings is 1. The van der Waals surface area contributed by atoms with Crippen LogP contribution < -0.4 is 0 Å². The summed E-state index contributed by atoms with van der Waals surface area (Å²) >= 11 is 0. The van der Waals surface area contributed by atoms with E-state index in [-0.39, 0.29) is 0 Å². The minimum atomic E-state index is -0.926. The van der Waals surface area contributed by atoms with Gasteiger partial charge in [0.2, 0.25) is 0 Å². The summed E-state index contributed by atoms with van der Waals surface area (Å²) in [4.78, 5) is 0. The minimum Gasteiger partial charge on any atom is -0.360 e. The maximum absolute atomic E-state index is 5.56. The first kappa shape index (κ1) is 14.2. The average molecular weight is 279 g/mol. The summed E-state index contributed by atoms with van der Waals surface area (Å²) in [6.07, 6.45) is 0.636. The molecular weight excluding hydrogens is 261 g/mol. The number of rotatable bonds is 7. The standard InChI is InChI=1S/C14H18NO3P/c1-3-16-19(17-4-2)11-13-10-14(15-18-13)12-8-6-5-7-9-12/h5-10H,3-4,11H2,1-2H3. The van der Waals surface area contributed by atoms with Gasteiger partial charge in [0.25, 0.3) is 0 Å². The van der Waals surface area contributed by atoms with E-state index >= 15 is 0 Å². The zero-order valence-electron chi connectivity index (χ0n) is 11.2. The van der Waals surface area contributed by atoms with Crippen molar-refractivity contribution in [1.82, 2.24) is 5.16 Å². The molecule has 1 heterocycles. The normalized spacial score (nSPS) is 11.1. The molecule has 2 rings (SSSR count). The fourth-order valence-corrected chi connectivity index (χ4v) is 2.91. The molecule has 102 valence electrons. The lowest BCUT2D eigenvalue weighted by Crippen LogP contribution is -1.93. The van der Waals surface area contributed by atoms with Crippen molar-refractivity contribution in [2.75, 3.05) is 13.2 Å². The van der Waals surface area contributed by atoms with Crippen LogP contribution in [-0.2, 0) is 15.2 Å². The van der Waals surface area contributed by atoms with E-state index in [1.807, 2.05) is 50.2 Å². The summed E-state index contributed by atoms with van der Waals surface area (Å²) < 4.78 is 16.5. The number of aromatic nitrogens is 1. The predicted octanol–water partition coefficient (Wildman–Crippen LogP) is 4.23. The lowest BCUT2D eigenvalue weighted by molar-refractivity contribution is 0.265. The van der Waals surface area contributed by atoms with Crippen molar-refractivity contribution in [3.8, 4) is 11.3 Å². The second-order valence-electron chi connectivity index (χ2n) is 3.87. The third-order valence-electron chi connectivity index (χ3n) is 2.46. The Morgan fingerprint density at radius 1 is 1.11 bits per heavy atom. The molecule has 0 aliphatic heterocycles. The van der Waals surface area contributed by atoms with Gasteiger partial charge in [-0.25, -0.2) is 0 Å². The molecule has 4 nitrogen and oxygen atoms in total. The van der Waals surface area contributed by atoms with Gasteiger partial charge in [0.05, 0.1) is 19.4 Å². The van der Waals surface area contributed by atoms with Crippen LogP contribution in [0.3, 0.4) is 0 Å². The highest BCUT2D eigenvalue weighted by Gasteiger charge is 2.15. The van der Waals surface area contributed by atoms with Crippen molar-refractivity contribution in [2.45, 2.75) is 20.0 Å². The van der Waals surface area contributed by atoms with Crippen LogP contribution in [0.15, 0.2) is 40.9 Å². The summed E-state index contributed by atoms with van der Waals surface area (Å²) in [5.74, 6) is 0.798. The highest BCUT2D eigenvalue weighted by Crippen LogP contribution is 2.42. The van der Waals surface area contributed by atoms with E-state index < -0.39 is 8.38 Å². The van der Waals surface area contributed by atoms with E-state index in [1.165, 1.54) is 0 Å². The van der Waals surface area contributed by atoms with Crippen LogP contribution in [0.5, 0.6) is 0 Å². The molecular formula is C14H18NO3P. The lowest BCUT2D eigenvalue weighted by Gasteiger charge is -2.13. The molecule has 19 heavy (non-hydrogen) atoms. The van der Waals surface area contributed by atoms with Crippen molar-refractivity contribution in [1.29, 1.82) is 0 Å². The van der Waals surface area contributed by atoms with Gasteiger partial charge in [-0.05, 0) is 13.8 Å². The van der Waals surface area contributed by atoms with Gasteiger partial charge >= 0.3 is 0 Å². The van der Waals surface area contributed by atoms with Gasteiger partial charge in [-0.2, -0.15) is 0 Å². The Morgan fingerprint density at radius 3 is 2.42 bits per heavy atom. The Morgan fingerprint density at radius 2 is 1.79 bits per heavy atom. The molecule has 0 unspecified atom stereocenters. The van der Waals surface area contributed by atoms with Crippen LogP contribution in [0, 0.1) is 0 Å². The topological polar surface area (TPSA) is 44.5 Å². The monoisotopic (exact) mass is 279 g/mol. The molecule has 1 aromatic carbocycles. The van der Waals surface area contributed by atoms with Crippen molar-refractivity contribution in [2.24, 2.45) is 0 Å². The Kier molecular flexibility index (Phi) is 5.52. The van der Waals surface area contributed by atoms with Gasteiger partial charge < -0.3 is 13.6 Å². The molecule has 1 aromatic heterocycles. The summed E-state index contributed by atoms with van der Waals surface area (Å²) in [5, 5.41) is 4.08. The first-order valence-corrected chi connectivity index (χ1v) is 7.74. The van der Waals surface area contributed by atoms with Crippen LogP contribution in [0.2, 0.25) is 0 Å². The Bertz CT molecular complexity index is 480. The van der Waals surface area contributed by atoms with Crippen LogP contribution in [0.25, 0.3) is 11.3 Å². The minimum absolute atomic E-state index is 0.636.